The molecule has 0 amide bonds. The predicted molar refractivity (Wildman–Crippen MR) is 70.3 cm³/mol. The summed E-state index contributed by atoms with van der Waals surface area (Å²) in [7, 11) is 0. The third kappa shape index (κ3) is 2.61. The van der Waals surface area contributed by atoms with Gasteiger partial charge in [-0.3, -0.25) is 10.1 Å². The third-order valence-corrected chi connectivity index (χ3v) is 3.05. The molecule has 1 atom stereocenters. The first-order chi connectivity index (χ1) is 9.00. The number of benzene rings is 2. The van der Waals surface area contributed by atoms with Crippen LogP contribution in [-0.4, -0.2) is 4.92 Å². The van der Waals surface area contributed by atoms with E-state index in [0.717, 1.165) is 5.56 Å². The van der Waals surface area contributed by atoms with Gasteiger partial charge in [0.1, 0.15) is 5.82 Å². The zero-order valence-corrected chi connectivity index (χ0v) is 10.3. The molecule has 0 spiro atoms. The number of halogens is 1. The van der Waals surface area contributed by atoms with E-state index in [1.807, 2.05) is 0 Å². The summed E-state index contributed by atoms with van der Waals surface area (Å²) in [6, 6.07) is 9.87. The maximum Gasteiger partial charge on any atom is 0.269 e. The molecule has 2 N–H and O–H groups in total. The SMILES string of the molecule is Cc1ccc([N+](=O)[O-])cc1C(N)c1ccccc1F. The summed E-state index contributed by atoms with van der Waals surface area (Å²) in [5.41, 5.74) is 7.65. The van der Waals surface area contributed by atoms with E-state index >= 15 is 0 Å². The highest BCUT2D eigenvalue weighted by Crippen LogP contribution is 2.27. The molecule has 0 heterocycles. The second-order valence-corrected chi connectivity index (χ2v) is 4.30. The fourth-order valence-electron chi connectivity index (χ4n) is 1.97. The second kappa shape index (κ2) is 5.16. The van der Waals surface area contributed by atoms with Gasteiger partial charge in [-0.05, 0) is 24.1 Å². The molecule has 98 valence electrons. The topological polar surface area (TPSA) is 69.2 Å². The Morgan fingerprint density at radius 3 is 2.53 bits per heavy atom. The van der Waals surface area contributed by atoms with Crippen LogP contribution in [0, 0.1) is 22.9 Å². The Hall–Kier alpha value is -2.27. The predicted octanol–water partition coefficient (Wildman–Crippen LogP) is 3.09. The molecule has 0 saturated heterocycles. The van der Waals surface area contributed by atoms with Crippen molar-refractivity contribution in [1.29, 1.82) is 0 Å². The van der Waals surface area contributed by atoms with Gasteiger partial charge in [0.05, 0.1) is 11.0 Å². The van der Waals surface area contributed by atoms with E-state index in [2.05, 4.69) is 0 Å². The average Bonchev–Trinajstić information content (AvgIpc) is 2.38. The summed E-state index contributed by atoms with van der Waals surface area (Å²) in [6.07, 6.45) is 0. The fraction of sp³-hybridized carbons (Fsp3) is 0.143. The minimum Gasteiger partial charge on any atom is -0.320 e. The smallest absolute Gasteiger partial charge is 0.269 e. The van der Waals surface area contributed by atoms with Gasteiger partial charge in [-0.25, -0.2) is 4.39 Å². The Bertz CT molecular complexity index is 629. The molecule has 2 rings (SSSR count). The molecule has 0 aliphatic heterocycles. The minimum absolute atomic E-state index is 0.0487. The Morgan fingerprint density at radius 2 is 1.89 bits per heavy atom. The van der Waals surface area contributed by atoms with Gasteiger partial charge in [0.2, 0.25) is 0 Å². The summed E-state index contributed by atoms with van der Waals surface area (Å²) in [5, 5.41) is 10.8. The molecule has 19 heavy (non-hydrogen) atoms. The average molecular weight is 260 g/mol. The van der Waals surface area contributed by atoms with E-state index in [1.54, 1.807) is 31.2 Å². The molecular weight excluding hydrogens is 247 g/mol. The van der Waals surface area contributed by atoms with Gasteiger partial charge in [-0.15, -0.1) is 0 Å². The van der Waals surface area contributed by atoms with Crippen molar-refractivity contribution in [3.05, 3.63) is 75.1 Å². The summed E-state index contributed by atoms with van der Waals surface area (Å²) < 4.78 is 13.7. The van der Waals surface area contributed by atoms with Crippen molar-refractivity contribution in [3.8, 4) is 0 Å². The first-order valence-electron chi connectivity index (χ1n) is 5.75. The zero-order valence-electron chi connectivity index (χ0n) is 10.3. The molecule has 0 fully saturated rings. The quantitative estimate of drug-likeness (QED) is 0.681. The van der Waals surface area contributed by atoms with Gasteiger partial charge in [0.25, 0.3) is 5.69 Å². The minimum atomic E-state index is -0.721. The monoisotopic (exact) mass is 260 g/mol. The van der Waals surface area contributed by atoms with Gasteiger partial charge in [0.15, 0.2) is 0 Å². The summed E-state index contributed by atoms with van der Waals surface area (Å²) >= 11 is 0. The first kappa shape index (κ1) is 13.2. The van der Waals surface area contributed by atoms with Crippen LogP contribution < -0.4 is 5.73 Å². The molecule has 2 aromatic rings. The van der Waals surface area contributed by atoms with Crippen LogP contribution in [0.4, 0.5) is 10.1 Å². The standard InChI is InChI=1S/C14H13FN2O2/c1-9-6-7-10(17(18)19)8-12(9)14(16)11-4-2-3-5-13(11)15/h2-8,14H,16H2,1H3. The number of rotatable bonds is 3. The van der Waals surface area contributed by atoms with Crippen LogP contribution in [0.3, 0.4) is 0 Å². The molecule has 1 unspecified atom stereocenters. The van der Waals surface area contributed by atoms with Crippen molar-refractivity contribution in [1.82, 2.24) is 0 Å². The highest BCUT2D eigenvalue weighted by atomic mass is 19.1. The Kier molecular flexibility index (Phi) is 3.57. The first-order valence-corrected chi connectivity index (χ1v) is 5.75. The highest BCUT2D eigenvalue weighted by molar-refractivity contribution is 5.44. The van der Waals surface area contributed by atoms with Crippen molar-refractivity contribution >= 4 is 5.69 Å². The lowest BCUT2D eigenvalue weighted by atomic mass is 9.95. The largest absolute Gasteiger partial charge is 0.320 e. The molecule has 0 aliphatic rings. The molecular formula is C14H13FN2O2. The molecule has 0 aliphatic carbocycles. The summed E-state index contributed by atoms with van der Waals surface area (Å²) in [6.45, 7) is 1.79. The van der Waals surface area contributed by atoms with Gasteiger partial charge < -0.3 is 5.73 Å². The van der Waals surface area contributed by atoms with Crippen LogP contribution in [-0.2, 0) is 0 Å². The lowest BCUT2D eigenvalue weighted by Crippen LogP contribution is -2.15. The van der Waals surface area contributed by atoms with E-state index in [0.29, 0.717) is 11.1 Å². The van der Waals surface area contributed by atoms with Crippen LogP contribution in [0.25, 0.3) is 0 Å². The molecule has 4 nitrogen and oxygen atoms in total. The molecule has 0 saturated carbocycles. The second-order valence-electron chi connectivity index (χ2n) is 4.30. The van der Waals surface area contributed by atoms with Crippen molar-refractivity contribution in [2.75, 3.05) is 0 Å². The number of nitrogens with two attached hydrogens (primary N) is 1. The number of hydrogen-bond acceptors (Lipinski definition) is 3. The van der Waals surface area contributed by atoms with Gasteiger partial charge >= 0.3 is 0 Å². The van der Waals surface area contributed by atoms with Crippen molar-refractivity contribution in [2.45, 2.75) is 13.0 Å². The van der Waals surface area contributed by atoms with E-state index in [4.69, 9.17) is 5.73 Å². The van der Waals surface area contributed by atoms with Crippen molar-refractivity contribution < 1.29 is 9.31 Å². The molecule has 0 aromatic heterocycles. The van der Waals surface area contributed by atoms with E-state index < -0.39 is 16.8 Å². The molecule has 0 radical (unpaired) electrons. The number of aryl methyl sites for hydroxylation is 1. The number of hydrogen-bond donors (Lipinski definition) is 1. The van der Waals surface area contributed by atoms with Crippen LogP contribution >= 0.6 is 0 Å². The molecule has 0 bridgehead atoms. The lowest BCUT2D eigenvalue weighted by molar-refractivity contribution is -0.384. The Balaban J connectivity index is 2.49. The van der Waals surface area contributed by atoms with Gasteiger partial charge in [-0.2, -0.15) is 0 Å². The summed E-state index contributed by atoms with van der Waals surface area (Å²) in [5.74, 6) is -0.416. The fourth-order valence-corrected chi connectivity index (χ4v) is 1.97. The van der Waals surface area contributed by atoms with Gasteiger partial charge in [-0.1, -0.05) is 24.3 Å². The number of nitro groups is 1. The van der Waals surface area contributed by atoms with E-state index in [9.17, 15) is 14.5 Å². The van der Waals surface area contributed by atoms with Crippen LogP contribution in [0.15, 0.2) is 42.5 Å². The van der Waals surface area contributed by atoms with Crippen molar-refractivity contribution in [3.63, 3.8) is 0 Å². The van der Waals surface area contributed by atoms with Crippen LogP contribution in [0.1, 0.15) is 22.7 Å². The lowest BCUT2D eigenvalue weighted by Gasteiger charge is -2.15. The zero-order chi connectivity index (χ0) is 14.0. The maximum absolute atomic E-state index is 13.7. The number of nitrogens with zero attached hydrogens (tertiary/aromatic N) is 1. The number of nitro benzene ring substituents is 1. The molecule has 2 aromatic carbocycles. The van der Waals surface area contributed by atoms with E-state index in [1.165, 1.54) is 18.2 Å². The summed E-state index contributed by atoms with van der Waals surface area (Å²) in [4.78, 5) is 10.3. The Morgan fingerprint density at radius 1 is 1.21 bits per heavy atom. The van der Waals surface area contributed by atoms with Crippen molar-refractivity contribution in [2.24, 2.45) is 5.73 Å². The normalized spacial score (nSPS) is 12.2. The maximum atomic E-state index is 13.7. The third-order valence-electron chi connectivity index (χ3n) is 3.05. The molecule has 5 heteroatoms. The van der Waals surface area contributed by atoms with E-state index in [-0.39, 0.29) is 5.69 Å². The van der Waals surface area contributed by atoms with Crippen LogP contribution in [0.2, 0.25) is 0 Å². The van der Waals surface area contributed by atoms with Gasteiger partial charge in [0, 0.05) is 17.7 Å². The highest BCUT2D eigenvalue weighted by Gasteiger charge is 2.18. The Labute approximate surface area is 109 Å². The van der Waals surface area contributed by atoms with Crippen LogP contribution in [0.5, 0.6) is 0 Å². The number of non-ortho nitro benzene ring substituents is 1.